The van der Waals surface area contributed by atoms with E-state index < -0.39 is 5.82 Å². The molecule has 0 spiro atoms. The first kappa shape index (κ1) is 31.9. The van der Waals surface area contributed by atoms with Crippen LogP contribution in [0.5, 0.6) is 5.75 Å². The van der Waals surface area contributed by atoms with Crippen molar-refractivity contribution in [1.29, 1.82) is 0 Å². The highest BCUT2D eigenvalue weighted by Gasteiger charge is 2.21. The Kier molecular flexibility index (Phi) is 14.9. The van der Waals surface area contributed by atoms with Gasteiger partial charge in [0.25, 0.3) is 0 Å². The van der Waals surface area contributed by atoms with Crippen molar-refractivity contribution in [3.8, 4) is 5.75 Å². The summed E-state index contributed by atoms with van der Waals surface area (Å²) in [5.74, 6) is -0.329. The topological polar surface area (TPSA) is 78.5 Å². The van der Waals surface area contributed by atoms with Gasteiger partial charge in [0.2, 0.25) is 5.78 Å². The summed E-state index contributed by atoms with van der Waals surface area (Å²) in [5, 5.41) is 10.1. The molecule has 1 aromatic heterocycles. The van der Waals surface area contributed by atoms with E-state index in [0.29, 0.717) is 15.8 Å². The van der Waals surface area contributed by atoms with E-state index in [1.54, 1.807) is 13.1 Å². The van der Waals surface area contributed by atoms with Crippen LogP contribution in [0.4, 0.5) is 26.7 Å². The predicted molar refractivity (Wildman–Crippen MR) is 157 cm³/mol. The molecule has 3 aromatic rings. The number of nitrogens with one attached hydrogen (secondary N) is 3. The number of thiazole rings is 1. The maximum atomic E-state index is 14.0. The number of ether oxygens (including phenoxy) is 1. The maximum Gasteiger partial charge on any atom is 0.206 e. The molecule has 7 nitrogen and oxygen atoms in total. The molecule has 0 radical (unpaired) electrons. The first-order chi connectivity index (χ1) is 18.1. The Morgan fingerprint density at radius 3 is 2.19 bits per heavy atom. The summed E-state index contributed by atoms with van der Waals surface area (Å²) in [6.45, 7) is 16.0. The van der Waals surface area contributed by atoms with Crippen LogP contribution in [0.2, 0.25) is 0 Å². The number of carbonyl (C=O) groups excluding carboxylic acids is 1. The lowest BCUT2D eigenvalue weighted by molar-refractivity contribution is 0.104. The summed E-state index contributed by atoms with van der Waals surface area (Å²) in [6.07, 6.45) is 0. The van der Waals surface area contributed by atoms with E-state index in [-0.39, 0.29) is 17.1 Å². The van der Waals surface area contributed by atoms with Crippen molar-refractivity contribution in [2.45, 2.75) is 41.5 Å². The second kappa shape index (κ2) is 17.3. The fourth-order valence-corrected chi connectivity index (χ4v) is 4.39. The van der Waals surface area contributed by atoms with Crippen LogP contribution in [0.25, 0.3) is 0 Å². The van der Waals surface area contributed by atoms with Gasteiger partial charge in [0.1, 0.15) is 4.88 Å². The highest BCUT2D eigenvalue weighted by Crippen LogP contribution is 2.32. The Morgan fingerprint density at radius 1 is 1.03 bits per heavy atom. The van der Waals surface area contributed by atoms with Gasteiger partial charge in [0.05, 0.1) is 7.11 Å². The van der Waals surface area contributed by atoms with Crippen molar-refractivity contribution in [1.82, 2.24) is 10.3 Å². The lowest BCUT2D eigenvalue weighted by Gasteiger charge is -2.29. The molecule has 2 aromatic carbocycles. The van der Waals surface area contributed by atoms with Crippen LogP contribution in [0, 0.1) is 5.82 Å². The molecule has 1 saturated heterocycles. The standard InChI is InChI=1S/C22H24FN5O2S.3C2H6/c1-24-21-20(19(29)14-3-8-18(30-2)17(23)13-14)31-22(27-21)26-15-4-6-16(7-5-15)28-11-9-25-10-12-28;3*1-2/h3-8,13,24-25H,9-12H2,1-2H3,(H,26,27);3*1-2H3. The SMILES string of the molecule is CC.CC.CC.CNc1nc(Nc2ccc(N3CCNCC3)cc2)sc1C(=O)c1ccc(OC)c(F)c1. The molecule has 0 bridgehead atoms. The number of benzene rings is 2. The third-order valence-corrected chi connectivity index (χ3v) is 6.05. The van der Waals surface area contributed by atoms with E-state index in [2.05, 4.69) is 38.0 Å². The molecule has 1 aliphatic rings. The maximum absolute atomic E-state index is 14.0. The molecule has 0 saturated carbocycles. The largest absolute Gasteiger partial charge is 0.494 e. The van der Waals surface area contributed by atoms with Crippen molar-refractivity contribution in [2.24, 2.45) is 0 Å². The first-order valence-electron chi connectivity index (χ1n) is 13.0. The Bertz CT molecular complexity index is 1070. The molecule has 0 aliphatic carbocycles. The number of halogens is 1. The molecule has 1 aliphatic heterocycles. The summed E-state index contributed by atoms with van der Waals surface area (Å²) < 4.78 is 19.0. The molecule has 1 fully saturated rings. The van der Waals surface area contributed by atoms with E-state index in [9.17, 15) is 9.18 Å². The van der Waals surface area contributed by atoms with Gasteiger partial charge in [0, 0.05) is 50.2 Å². The lowest BCUT2D eigenvalue weighted by atomic mass is 10.1. The van der Waals surface area contributed by atoms with Crippen LogP contribution >= 0.6 is 11.3 Å². The number of piperazine rings is 1. The number of ketones is 1. The predicted octanol–water partition coefficient (Wildman–Crippen LogP) is 6.80. The number of hydrogen-bond donors (Lipinski definition) is 3. The number of carbonyl (C=O) groups is 1. The third-order valence-electron chi connectivity index (χ3n) is 5.08. The Hall–Kier alpha value is -3.17. The quantitative estimate of drug-likeness (QED) is 0.290. The summed E-state index contributed by atoms with van der Waals surface area (Å²) in [7, 11) is 3.09. The smallest absolute Gasteiger partial charge is 0.206 e. The van der Waals surface area contributed by atoms with Crippen LogP contribution in [0.3, 0.4) is 0 Å². The average Bonchev–Trinajstić information content (AvgIpc) is 3.39. The zero-order chi connectivity index (χ0) is 27.8. The van der Waals surface area contributed by atoms with Gasteiger partial charge < -0.3 is 25.6 Å². The van der Waals surface area contributed by atoms with Gasteiger partial charge >= 0.3 is 0 Å². The molecule has 9 heteroatoms. The molecule has 37 heavy (non-hydrogen) atoms. The highest BCUT2D eigenvalue weighted by atomic mass is 32.1. The molecule has 2 heterocycles. The lowest BCUT2D eigenvalue weighted by Crippen LogP contribution is -2.43. The van der Waals surface area contributed by atoms with Gasteiger partial charge in [-0.25, -0.2) is 9.37 Å². The zero-order valence-corrected chi connectivity index (χ0v) is 24.2. The molecule has 4 rings (SSSR count). The minimum atomic E-state index is -0.577. The van der Waals surface area contributed by atoms with Crippen molar-refractivity contribution in [3.63, 3.8) is 0 Å². The molecule has 3 N–H and O–H groups in total. The van der Waals surface area contributed by atoms with Gasteiger partial charge in [-0.3, -0.25) is 4.79 Å². The van der Waals surface area contributed by atoms with Crippen LogP contribution in [0.1, 0.15) is 56.8 Å². The molecule has 0 amide bonds. The number of hydrogen-bond acceptors (Lipinski definition) is 8. The van der Waals surface area contributed by atoms with Gasteiger partial charge in [-0.15, -0.1) is 0 Å². The summed E-state index contributed by atoms with van der Waals surface area (Å²) in [6, 6.07) is 12.3. The third kappa shape index (κ3) is 8.72. The first-order valence-corrected chi connectivity index (χ1v) is 13.8. The Morgan fingerprint density at radius 2 is 1.65 bits per heavy atom. The van der Waals surface area contributed by atoms with E-state index in [1.165, 1.54) is 36.3 Å². The second-order valence-electron chi connectivity index (χ2n) is 7.03. The number of anilines is 4. The van der Waals surface area contributed by atoms with Gasteiger partial charge in [0.15, 0.2) is 22.5 Å². The molecule has 0 unspecified atom stereocenters. The summed E-state index contributed by atoms with van der Waals surface area (Å²) >= 11 is 1.22. The van der Waals surface area contributed by atoms with Gasteiger partial charge in [-0.05, 0) is 42.5 Å². The van der Waals surface area contributed by atoms with Crippen LogP contribution in [-0.4, -0.2) is 51.1 Å². The van der Waals surface area contributed by atoms with E-state index in [0.717, 1.165) is 31.9 Å². The van der Waals surface area contributed by atoms with Crippen molar-refractivity contribution in [2.75, 3.05) is 55.9 Å². The van der Waals surface area contributed by atoms with E-state index in [1.807, 2.05) is 53.7 Å². The van der Waals surface area contributed by atoms with Gasteiger partial charge in [-0.1, -0.05) is 52.9 Å². The van der Waals surface area contributed by atoms with Crippen molar-refractivity contribution < 1.29 is 13.9 Å². The van der Waals surface area contributed by atoms with Crippen molar-refractivity contribution in [3.05, 3.63) is 58.7 Å². The number of nitrogens with zero attached hydrogens (tertiary/aromatic N) is 2. The molecule has 204 valence electrons. The number of aromatic nitrogens is 1. The minimum absolute atomic E-state index is 0.0984. The normalized spacial score (nSPS) is 12.0. The Balaban J connectivity index is 0.00000106. The highest BCUT2D eigenvalue weighted by molar-refractivity contribution is 7.18. The minimum Gasteiger partial charge on any atom is -0.494 e. The second-order valence-corrected chi connectivity index (χ2v) is 8.03. The zero-order valence-electron chi connectivity index (χ0n) is 23.4. The fourth-order valence-electron chi connectivity index (χ4n) is 3.44. The molecular formula is C28H42FN5O2S. The fraction of sp³-hybridized carbons (Fsp3) is 0.429. The monoisotopic (exact) mass is 531 g/mol. The summed E-state index contributed by atoms with van der Waals surface area (Å²) in [5.41, 5.74) is 2.30. The van der Waals surface area contributed by atoms with Crippen LogP contribution in [-0.2, 0) is 0 Å². The Labute approximate surface area is 225 Å². The number of methoxy groups -OCH3 is 1. The van der Waals surface area contributed by atoms with Crippen molar-refractivity contribution >= 4 is 39.4 Å². The average molecular weight is 532 g/mol. The summed E-state index contributed by atoms with van der Waals surface area (Å²) in [4.78, 5) is 20.2. The number of rotatable bonds is 7. The van der Waals surface area contributed by atoms with Gasteiger partial charge in [-0.2, -0.15) is 0 Å². The molecule has 0 atom stereocenters. The van der Waals surface area contributed by atoms with E-state index >= 15 is 0 Å². The van der Waals surface area contributed by atoms with E-state index in [4.69, 9.17) is 4.74 Å². The van der Waals surface area contributed by atoms with Crippen LogP contribution in [0.15, 0.2) is 42.5 Å². The van der Waals surface area contributed by atoms with Crippen LogP contribution < -0.4 is 25.6 Å². The molecular weight excluding hydrogens is 489 g/mol.